The topological polar surface area (TPSA) is 24.4 Å². The molecule has 104 valence electrons. The fraction of sp³-hybridized carbons (Fsp3) is 0.562. The van der Waals surface area contributed by atoms with Crippen LogP contribution in [-0.2, 0) is 0 Å². The van der Waals surface area contributed by atoms with Gasteiger partial charge in [0.15, 0.2) is 5.17 Å². The van der Waals surface area contributed by atoms with Crippen molar-refractivity contribution in [1.82, 2.24) is 5.32 Å². The molecule has 2 rings (SSSR count). The van der Waals surface area contributed by atoms with Crippen LogP contribution in [0.4, 0.5) is 0 Å². The molecule has 0 saturated carbocycles. The van der Waals surface area contributed by atoms with Gasteiger partial charge in [0.1, 0.15) is 0 Å². The number of nitrogens with one attached hydrogen (secondary N) is 1. The Morgan fingerprint density at radius 2 is 1.95 bits per heavy atom. The van der Waals surface area contributed by atoms with Gasteiger partial charge in [-0.3, -0.25) is 4.99 Å². The molecular weight excluding hydrogens is 252 g/mol. The Balaban J connectivity index is 1.87. The molecule has 0 saturated heterocycles. The van der Waals surface area contributed by atoms with E-state index in [1.54, 1.807) is 0 Å². The molecule has 0 aliphatic carbocycles. The van der Waals surface area contributed by atoms with Gasteiger partial charge in [0.05, 0.1) is 12.6 Å². The Morgan fingerprint density at radius 3 is 2.58 bits per heavy atom. The Morgan fingerprint density at radius 1 is 1.26 bits per heavy atom. The van der Waals surface area contributed by atoms with Gasteiger partial charge in [-0.05, 0) is 31.7 Å². The number of benzene rings is 1. The second-order valence-electron chi connectivity index (χ2n) is 5.79. The van der Waals surface area contributed by atoms with Crippen molar-refractivity contribution in [2.75, 3.05) is 6.54 Å². The number of hydrogen-bond acceptors (Lipinski definition) is 3. The van der Waals surface area contributed by atoms with Gasteiger partial charge < -0.3 is 5.32 Å². The Bertz CT molecular complexity index is 437. The van der Waals surface area contributed by atoms with E-state index in [0.29, 0.717) is 11.3 Å². The summed E-state index contributed by atoms with van der Waals surface area (Å²) in [6.45, 7) is 9.84. The van der Waals surface area contributed by atoms with E-state index in [1.807, 2.05) is 11.8 Å². The molecule has 19 heavy (non-hydrogen) atoms. The summed E-state index contributed by atoms with van der Waals surface area (Å²) in [5, 5.41) is 5.30. The van der Waals surface area contributed by atoms with Crippen LogP contribution in [0.5, 0.6) is 0 Å². The van der Waals surface area contributed by atoms with E-state index in [-0.39, 0.29) is 0 Å². The summed E-state index contributed by atoms with van der Waals surface area (Å²) in [7, 11) is 0. The van der Waals surface area contributed by atoms with E-state index in [1.165, 1.54) is 17.5 Å². The molecule has 0 radical (unpaired) electrons. The largest absolute Gasteiger partial charge is 0.358 e. The molecule has 2 unspecified atom stereocenters. The van der Waals surface area contributed by atoms with E-state index in [4.69, 9.17) is 0 Å². The Labute approximate surface area is 121 Å². The van der Waals surface area contributed by atoms with Gasteiger partial charge in [0, 0.05) is 5.25 Å². The summed E-state index contributed by atoms with van der Waals surface area (Å²) in [5.41, 5.74) is 2.63. The van der Waals surface area contributed by atoms with Crippen molar-refractivity contribution in [1.29, 1.82) is 0 Å². The predicted molar refractivity (Wildman–Crippen MR) is 85.9 cm³/mol. The maximum absolute atomic E-state index is 4.62. The minimum Gasteiger partial charge on any atom is -0.358 e. The predicted octanol–water partition coefficient (Wildman–Crippen LogP) is 4.16. The van der Waals surface area contributed by atoms with Gasteiger partial charge >= 0.3 is 0 Å². The Hall–Kier alpha value is -0.960. The number of hydrogen-bond donors (Lipinski definition) is 1. The molecule has 1 aromatic rings. The normalized spacial score (nSPS) is 20.5. The third-order valence-corrected chi connectivity index (χ3v) is 4.51. The zero-order valence-corrected chi connectivity index (χ0v) is 13.1. The van der Waals surface area contributed by atoms with E-state index in [9.17, 15) is 0 Å². The number of aryl methyl sites for hydroxylation is 1. The first-order valence-electron chi connectivity index (χ1n) is 7.09. The molecule has 1 heterocycles. The molecule has 2 atom stereocenters. The average Bonchev–Trinajstić information content (AvgIpc) is 2.76. The molecule has 0 bridgehead atoms. The maximum atomic E-state index is 4.62. The van der Waals surface area contributed by atoms with Crippen molar-refractivity contribution < 1.29 is 0 Å². The van der Waals surface area contributed by atoms with Crippen molar-refractivity contribution in [3.8, 4) is 0 Å². The number of amidine groups is 1. The highest BCUT2D eigenvalue weighted by Gasteiger charge is 2.21. The number of nitrogens with zero attached hydrogens (tertiary/aromatic N) is 1. The third kappa shape index (κ3) is 4.27. The quantitative estimate of drug-likeness (QED) is 0.893. The van der Waals surface area contributed by atoms with Crippen LogP contribution in [0.2, 0.25) is 0 Å². The minimum absolute atomic E-state index is 0.324. The van der Waals surface area contributed by atoms with Gasteiger partial charge in [-0.25, -0.2) is 0 Å². The standard InChI is InChI=1S/C16H24N2S/c1-11(2)9-15-10-17-16(19-15)18-13(4)14-7-5-12(3)6-8-14/h5-8,11,13,15H,9-10H2,1-4H3,(H,17,18). The van der Waals surface area contributed by atoms with Crippen molar-refractivity contribution in [2.24, 2.45) is 10.9 Å². The molecule has 0 spiro atoms. The number of aliphatic imine (C=N–C) groups is 1. The highest BCUT2D eigenvalue weighted by Crippen LogP contribution is 2.27. The van der Waals surface area contributed by atoms with E-state index in [2.05, 4.69) is 62.3 Å². The summed E-state index contributed by atoms with van der Waals surface area (Å²) in [4.78, 5) is 4.62. The van der Waals surface area contributed by atoms with Crippen molar-refractivity contribution in [3.63, 3.8) is 0 Å². The van der Waals surface area contributed by atoms with Gasteiger partial charge in [0.25, 0.3) is 0 Å². The molecular formula is C16H24N2S. The number of rotatable bonds is 4. The van der Waals surface area contributed by atoms with Crippen molar-refractivity contribution >= 4 is 16.9 Å². The van der Waals surface area contributed by atoms with Crippen LogP contribution >= 0.6 is 11.8 Å². The van der Waals surface area contributed by atoms with Crippen LogP contribution in [-0.4, -0.2) is 17.0 Å². The molecule has 1 aliphatic rings. The van der Waals surface area contributed by atoms with Crippen LogP contribution < -0.4 is 5.32 Å². The van der Waals surface area contributed by atoms with Crippen LogP contribution in [0.3, 0.4) is 0 Å². The fourth-order valence-corrected chi connectivity index (χ4v) is 3.61. The SMILES string of the molecule is Cc1ccc(C(C)NC2=NCC(CC(C)C)S2)cc1. The van der Waals surface area contributed by atoms with E-state index < -0.39 is 0 Å². The first-order chi connectivity index (χ1) is 9.04. The minimum atomic E-state index is 0.324. The van der Waals surface area contributed by atoms with Crippen LogP contribution in [0.15, 0.2) is 29.3 Å². The second kappa shape index (κ2) is 6.47. The Kier molecular flexibility index (Phi) is 4.92. The lowest BCUT2D eigenvalue weighted by Gasteiger charge is -2.16. The van der Waals surface area contributed by atoms with E-state index in [0.717, 1.165) is 17.6 Å². The second-order valence-corrected chi connectivity index (χ2v) is 7.08. The summed E-state index contributed by atoms with van der Waals surface area (Å²) in [5.74, 6) is 0.751. The summed E-state index contributed by atoms with van der Waals surface area (Å²) in [6.07, 6.45) is 1.25. The van der Waals surface area contributed by atoms with Crippen LogP contribution in [0, 0.1) is 12.8 Å². The van der Waals surface area contributed by atoms with Crippen LogP contribution in [0.1, 0.15) is 44.4 Å². The average molecular weight is 276 g/mol. The molecule has 3 heteroatoms. The zero-order chi connectivity index (χ0) is 13.8. The van der Waals surface area contributed by atoms with Crippen molar-refractivity contribution in [3.05, 3.63) is 35.4 Å². The van der Waals surface area contributed by atoms with Gasteiger partial charge in [0.2, 0.25) is 0 Å². The molecule has 1 aromatic carbocycles. The van der Waals surface area contributed by atoms with E-state index >= 15 is 0 Å². The lowest BCUT2D eigenvalue weighted by molar-refractivity contribution is 0.575. The number of thioether (sulfide) groups is 1. The third-order valence-electron chi connectivity index (χ3n) is 3.37. The summed E-state index contributed by atoms with van der Waals surface area (Å²) < 4.78 is 0. The van der Waals surface area contributed by atoms with Gasteiger partial charge in [-0.15, -0.1) is 0 Å². The lowest BCUT2D eigenvalue weighted by atomic mass is 10.1. The maximum Gasteiger partial charge on any atom is 0.157 e. The summed E-state index contributed by atoms with van der Waals surface area (Å²) >= 11 is 1.90. The summed E-state index contributed by atoms with van der Waals surface area (Å²) in [6, 6.07) is 9.04. The first-order valence-corrected chi connectivity index (χ1v) is 7.96. The van der Waals surface area contributed by atoms with Crippen molar-refractivity contribution in [2.45, 2.75) is 45.4 Å². The van der Waals surface area contributed by atoms with Crippen LogP contribution in [0.25, 0.3) is 0 Å². The molecule has 2 nitrogen and oxygen atoms in total. The smallest absolute Gasteiger partial charge is 0.157 e. The zero-order valence-electron chi connectivity index (χ0n) is 12.3. The molecule has 0 fully saturated rings. The first kappa shape index (κ1) is 14.4. The molecule has 0 amide bonds. The van der Waals surface area contributed by atoms with Gasteiger partial charge in [-0.2, -0.15) is 0 Å². The highest BCUT2D eigenvalue weighted by atomic mass is 32.2. The molecule has 1 N–H and O–H groups in total. The highest BCUT2D eigenvalue weighted by molar-refractivity contribution is 8.14. The lowest BCUT2D eigenvalue weighted by Crippen LogP contribution is -2.23. The molecule has 1 aliphatic heterocycles. The monoisotopic (exact) mass is 276 g/mol. The van der Waals surface area contributed by atoms with Gasteiger partial charge in [-0.1, -0.05) is 55.4 Å². The molecule has 0 aromatic heterocycles. The fourth-order valence-electron chi connectivity index (χ4n) is 2.27.